The lowest BCUT2D eigenvalue weighted by molar-refractivity contribution is -0.105. The molecule has 1 heterocycles. The van der Waals surface area contributed by atoms with E-state index in [1.165, 1.54) is 0 Å². The van der Waals surface area contributed by atoms with E-state index in [1.54, 1.807) is 36.4 Å². The van der Waals surface area contributed by atoms with Crippen molar-refractivity contribution >= 4 is 37.6 Å². The van der Waals surface area contributed by atoms with Crippen molar-refractivity contribution in [1.29, 1.82) is 0 Å². The van der Waals surface area contributed by atoms with Gasteiger partial charge in [-0.15, -0.1) is 0 Å². The van der Waals surface area contributed by atoms with Crippen LogP contribution in [0.3, 0.4) is 0 Å². The minimum Gasteiger partial charge on any atom is -0.329 e. The maximum absolute atomic E-state index is 12.3. The molecule has 138 valence electrons. The lowest BCUT2D eigenvalue weighted by atomic mass is 10.1. The Balaban J connectivity index is 1.72. The highest BCUT2D eigenvalue weighted by Crippen LogP contribution is 2.25. The summed E-state index contributed by atoms with van der Waals surface area (Å²) in [6.07, 6.45) is 0.725. The molecule has 0 unspecified atom stereocenters. The zero-order valence-electron chi connectivity index (χ0n) is 13.8. The summed E-state index contributed by atoms with van der Waals surface area (Å²) >= 11 is 0. The molecule has 1 aliphatic heterocycles. The standard InChI is InChI=1S/C17H18N2O5S2/c20-12-18-15-5-1-13(2-6-15)14-3-7-16(8-4-14)19-26(23,24)17-9-10-25(21,22)11-17/h1-8,12,17,19H,9-11H2,(H,18,20)/t17-/m0/s1. The summed E-state index contributed by atoms with van der Waals surface area (Å²) in [7, 11) is -7.01. The number of sulfonamides is 1. The number of sulfone groups is 1. The first-order valence-corrected chi connectivity index (χ1v) is 11.3. The molecular weight excluding hydrogens is 376 g/mol. The molecule has 2 N–H and O–H groups in total. The molecule has 0 saturated carbocycles. The van der Waals surface area contributed by atoms with E-state index in [-0.39, 0.29) is 17.9 Å². The third-order valence-electron chi connectivity index (χ3n) is 4.22. The van der Waals surface area contributed by atoms with Crippen LogP contribution in [0.15, 0.2) is 48.5 Å². The van der Waals surface area contributed by atoms with Crippen molar-refractivity contribution in [2.24, 2.45) is 0 Å². The van der Waals surface area contributed by atoms with E-state index in [0.717, 1.165) is 11.1 Å². The highest BCUT2D eigenvalue weighted by atomic mass is 32.2. The largest absolute Gasteiger partial charge is 0.329 e. The summed E-state index contributed by atoms with van der Waals surface area (Å²) in [4.78, 5) is 10.4. The second-order valence-electron chi connectivity index (χ2n) is 6.09. The molecule has 0 aromatic heterocycles. The SMILES string of the molecule is O=CNc1ccc(-c2ccc(NS(=O)(=O)[C@H]3CCS(=O)(=O)C3)cc2)cc1. The van der Waals surface area contributed by atoms with Crippen LogP contribution in [0.5, 0.6) is 0 Å². The van der Waals surface area contributed by atoms with Gasteiger partial charge in [0.25, 0.3) is 0 Å². The zero-order valence-corrected chi connectivity index (χ0v) is 15.4. The molecule has 0 aliphatic carbocycles. The number of rotatable bonds is 6. The van der Waals surface area contributed by atoms with E-state index < -0.39 is 25.1 Å². The number of hydrogen-bond donors (Lipinski definition) is 2. The Bertz CT molecular complexity index is 998. The van der Waals surface area contributed by atoms with Gasteiger partial charge in [0, 0.05) is 11.4 Å². The summed E-state index contributed by atoms with van der Waals surface area (Å²) < 4.78 is 50.1. The van der Waals surface area contributed by atoms with E-state index in [0.29, 0.717) is 17.8 Å². The average Bonchev–Trinajstić information content (AvgIpc) is 2.97. The van der Waals surface area contributed by atoms with Gasteiger partial charge in [0.15, 0.2) is 9.84 Å². The van der Waals surface area contributed by atoms with Crippen molar-refractivity contribution in [3.8, 4) is 11.1 Å². The zero-order chi connectivity index (χ0) is 18.8. The van der Waals surface area contributed by atoms with Crippen LogP contribution in [-0.4, -0.2) is 40.0 Å². The van der Waals surface area contributed by atoms with Crippen LogP contribution in [0.1, 0.15) is 6.42 Å². The molecule has 1 amide bonds. The van der Waals surface area contributed by atoms with E-state index in [4.69, 9.17) is 0 Å². The number of carbonyl (C=O) groups is 1. The Kier molecular flexibility index (Phi) is 5.01. The highest BCUT2D eigenvalue weighted by molar-refractivity contribution is 7.97. The van der Waals surface area contributed by atoms with Gasteiger partial charge in [-0.2, -0.15) is 0 Å². The molecule has 7 nitrogen and oxygen atoms in total. The fraction of sp³-hybridized carbons (Fsp3) is 0.235. The van der Waals surface area contributed by atoms with Crippen molar-refractivity contribution < 1.29 is 21.6 Å². The average molecular weight is 394 g/mol. The van der Waals surface area contributed by atoms with Crippen LogP contribution in [0.4, 0.5) is 11.4 Å². The van der Waals surface area contributed by atoms with Crippen LogP contribution in [-0.2, 0) is 24.7 Å². The number of benzene rings is 2. The van der Waals surface area contributed by atoms with Crippen molar-refractivity contribution in [3.05, 3.63) is 48.5 Å². The molecule has 3 rings (SSSR count). The number of anilines is 2. The van der Waals surface area contributed by atoms with Crippen LogP contribution in [0.2, 0.25) is 0 Å². The number of nitrogens with one attached hydrogen (secondary N) is 2. The van der Waals surface area contributed by atoms with Crippen LogP contribution < -0.4 is 10.0 Å². The fourth-order valence-corrected chi connectivity index (χ4v) is 6.90. The molecule has 0 bridgehead atoms. The van der Waals surface area contributed by atoms with Crippen LogP contribution in [0.25, 0.3) is 11.1 Å². The van der Waals surface area contributed by atoms with E-state index >= 15 is 0 Å². The Morgan fingerprint density at radius 1 is 0.923 bits per heavy atom. The van der Waals surface area contributed by atoms with E-state index in [1.807, 2.05) is 12.1 Å². The minimum atomic E-state index is -3.74. The van der Waals surface area contributed by atoms with Gasteiger partial charge in [-0.1, -0.05) is 24.3 Å². The topological polar surface area (TPSA) is 109 Å². The van der Waals surface area contributed by atoms with E-state index in [9.17, 15) is 21.6 Å². The molecule has 1 fully saturated rings. The second kappa shape index (κ2) is 7.08. The summed E-state index contributed by atoms with van der Waals surface area (Å²) in [5.74, 6) is -0.423. The van der Waals surface area contributed by atoms with Gasteiger partial charge in [-0.25, -0.2) is 16.8 Å². The first-order chi connectivity index (χ1) is 12.3. The van der Waals surface area contributed by atoms with Gasteiger partial charge in [0.2, 0.25) is 16.4 Å². The summed E-state index contributed by atoms with van der Waals surface area (Å²) in [6.45, 7) is 0. The Morgan fingerprint density at radius 2 is 1.46 bits per heavy atom. The molecule has 9 heteroatoms. The van der Waals surface area contributed by atoms with E-state index in [2.05, 4.69) is 10.0 Å². The number of hydrogen-bond acceptors (Lipinski definition) is 5. The van der Waals surface area contributed by atoms with Crippen molar-refractivity contribution in [1.82, 2.24) is 0 Å². The summed E-state index contributed by atoms with van der Waals surface area (Å²) in [6, 6.07) is 14.0. The Labute approximate surface area is 152 Å². The Morgan fingerprint density at radius 3 is 1.92 bits per heavy atom. The molecule has 1 saturated heterocycles. The van der Waals surface area contributed by atoms with Gasteiger partial charge in [-0.05, 0) is 41.8 Å². The predicted molar refractivity (Wildman–Crippen MR) is 101 cm³/mol. The molecule has 2 aromatic rings. The van der Waals surface area contributed by atoms with Gasteiger partial charge >= 0.3 is 0 Å². The third kappa shape index (κ3) is 4.23. The molecule has 2 aromatic carbocycles. The van der Waals surface area contributed by atoms with Gasteiger partial charge < -0.3 is 5.32 Å². The maximum Gasteiger partial charge on any atom is 0.236 e. The maximum atomic E-state index is 12.3. The summed E-state index contributed by atoms with van der Waals surface area (Å²) in [5.41, 5.74) is 2.86. The van der Waals surface area contributed by atoms with Crippen molar-refractivity contribution in [3.63, 3.8) is 0 Å². The lowest BCUT2D eigenvalue weighted by Gasteiger charge is -2.13. The quantitative estimate of drug-likeness (QED) is 0.727. The molecular formula is C17H18N2O5S2. The fourth-order valence-electron chi connectivity index (χ4n) is 2.81. The van der Waals surface area contributed by atoms with Gasteiger partial charge in [0.05, 0.1) is 16.8 Å². The van der Waals surface area contributed by atoms with Crippen LogP contribution in [0, 0.1) is 0 Å². The highest BCUT2D eigenvalue weighted by Gasteiger charge is 2.37. The predicted octanol–water partition coefficient (Wildman–Crippen LogP) is 1.85. The molecule has 1 aliphatic rings. The molecule has 0 spiro atoms. The molecule has 1 atom stereocenters. The lowest BCUT2D eigenvalue weighted by Crippen LogP contribution is -2.28. The second-order valence-corrected chi connectivity index (χ2v) is 10.3. The number of amides is 1. The monoisotopic (exact) mass is 394 g/mol. The van der Waals surface area contributed by atoms with Crippen molar-refractivity contribution in [2.75, 3.05) is 21.5 Å². The van der Waals surface area contributed by atoms with Gasteiger partial charge in [-0.3, -0.25) is 9.52 Å². The first-order valence-electron chi connectivity index (χ1n) is 7.92. The minimum absolute atomic E-state index is 0.0908. The van der Waals surface area contributed by atoms with Crippen LogP contribution >= 0.6 is 0 Å². The normalized spacial score (nSPS) is 19.0. The van der Waals surface area contributed by atoms with Gasteiger partial charge in [0.1, 0.15) is 0 Å². The third-order valence-corrected chi connectivity index (χ3v) is 8.00. The number of carbonyl (C=O) groups excluding carboxylic acids is 1. The first kappa shape index (κ1) is 18.4. The molecule has 26 heavy (non-hydrogen) atoms. The Hall–Kier alpha value is -2.39. The summed E-state index contributed by atoms with van der Waals surface area (Å²) in [5, 5.41) is 1.64. The molecule has 0 radical (unpaired) electrons. The van der Waals surface area contributed by atoms with Crippen molar-refractivity contribution in [2.45, 2.75) is 11.7 Å². The smallest absolute Gasteiger partial charge is 0.236 e.